The van der Waals surface area contributed by atoms with Gasteiger partial charge in [-0.1, -0.05) is 79.2 Å². The Kier molecular flexibility index (Phi) is 17.3. The van der Waals surface area contributed by atoms with Crippen LogP contribution in [0.2, 0.25) is 0 Å². The molecule has 3 heterocycles. The number of carbonyl (C=O) groups is 2. The van der Waals surface area contributed by atoms with E-state index in [2.05, 4.69) is 76.3 Å². The largest absolute Gasteiger partial charge is 0.504 e. The first kappa shape index (κ1) is 46.9. The molecule has 6 unspecified atom stereocenters. The molecule has 0 radical (unpaired) electrons. The van der Waals surface area contributed by atoms with Crippen molar-refractivity contribution in [1.29, 1.82) is 0 Å². The van der Waals surface area contributed by atoms with E-state index < -0.39 is 6.79 Å². The van der Waals surface area contributed by atoms with E-state index in [0.29, 0.717) is 59.9 Å². The number of piperidine rings is 1. The van der Waals surface area contributed by atoms with E-state index in [9.17, 15) is 24.9 Å². The van der Waals surface area contributed by atoms with Crippen molar-refractivity contribution in [3.63, 3.8) is 0 Å². The minimum absolute atomic E-state index is 0.0830. The maximum absolute atomic E-state index is 13.3. The number of benzene rings is 3. The number of aliphatic hydroxyl groups is 2. The van der Waals surface area contributed by atoms with Crippen molar-refractivity contribution in [2.75, 3.05) is 38.8 Å². The number of aliphatic hydroxyl groups excluding tert-OH is 2. The standard InChI is InChI=1S/C54H68N4O6/c55-53-32-42(19-18-40-11-4-10-39(26-40)17-16-37-8-2-1-3-9-37)45(35-58-53)29-44-30-51(63)52(64-36-60)31-41(44)20-21-48(62)33-47(61)15-5-12-38(13-7-25-59)27-50-49-22-24-56-34-46(49)28-43-14-6-23-57-54(43)50/h1-4,6,8-11,14,20-21,26,30-32,35,38,43,46,49-50,54,56-57,59-60,63H,5,7,12-13,15-19,22-25,27-29,33-34,36H2,(H2,55,58). The smallest absolute Gasteiger partial charge is 0.186 e. The Morgan fingerprint density at radius 1 is 0.906 bits per heavy atom. The van der Waals surface area contributed by atoms with Gasteiger partial charge in [0.15, 0.2) is 24.1 Å². The molecule has 3 aliphatic rings. The Bertz CT molecular complexity index is 2210. The molecular formula is C54H68N4O6. The summed E-state index contributed by atoms with van der Waals surface area (Å²) in [6.45, 7) is 2.63. The number of pyridine rings is 1. The second-order valence-corrected chi connectivity index (χ2v) is 18.4. The predicted molar refractivity (Wildman–Crippen MR) is 254 cm³/mol. The number of nitrogens with two attached hydrogens (primary N) is 1. The van der Waals surface area contributed by atoms with Gasteiger partial charge in [0.2, 0.25) is 0 Å². The average Bonchev–Trinajstić information content (AvgIpc) is 3.30. The molecular weight excluding hydrogens is 801 g/mol. The number of phenolic OH excluding ortho intramolecular Hbond substituents is 1. The van der Waals surface area contributed by atoms with Crippen LogP contribution in [0.4, 0.5) is 5.82 Å². The first-order chi connectivity index (χ1) is 31.3. The Hall–Kier alpha value is -5.13. The number of aromatic hydroxyl groups is 1. The van der Waals surface area contributed by atoms with Crippen LogP contribution in [0, 0.1) is 29.6 Å². The van der Waals surface area contributed by atoms with Crippen LogP contribution < -0.4 is 21.1 Å². The fourth-order valence-corrected chi connectivity index (χ4v) is 10.8. The van der Waals surface area contributed by atoms with Crippen LogP contribution in [-0.2, 0) is 41.7 Å². The zero-order valence-corrected chi connectivity index (χ0v) is 37.3. The summed E-state index contributed by atoms with van der Waals surface area (Å²) in [6, 6.07) is 24.8. The summed E-state index contributed by atoms with van der Waals surface area (Å²) in [6.07, 6.45) is 20.4. The van der Waals surface area contributed by atoms with Gasteiger partial charge < -0.3 is 36.4 Å². The number of nitrogen functional groups attached to an aromatic ring is 1. The number of allylic oxidation sites excluding steroid dienone is 1. The van der Waals surface area contributed by atoms with Crippen molar-refractivity contribution in [2.24, 2.45) is 29.6 Å². The highest BCUT2D eigenvalue weighted by Crippen LogP contribution is 2.46. The number of aromatic nitrogens is 1. The molecule has 1 aliphatic carbocycles. The van der Waals surface area contributed by atoms with Crippen LogP contribution in [0.25, 0.3) is 6.08 Å². The normalized spacial score (nSPS) is 21.0. The van der Waals surface area contributed by atoms with Crippen LogP contribution in [-0.4, -0.2) is 70.9 Å². The summed E-state index contributed by atoms with van der Waals surface area (Å²) in [5.74, 6) is 2.94. The molecule has 0 bridgehead atoms. The Labute approximate surface area is 379 Å². The number of fused-ring (bicyclic) bond motifs is 2. The molecule has 7 rings (SSSR count). The molecule has 64 heavy (non-hydrogen) atoms. The molecule has 6 atom stereocenters. The third kappa shape index (κ3) is 13.2. The van der Waals surface area contributed by atoms with Crippen LogP contribution in [0.1, 0.15) is 96.7 Å². The van der Waals surface area contributed by atoms with Crippen molar-refractivity contribution in [3.8, 4) is 11.5 Å². The van der Waals surface area contributed by atoms with E-state index in [1.54, 1.807) is 24.4 Å². The summed E-state index contributed by atoms with van der Waals surface area (Å²) in [7, 11) is 0. The van der Waals surface area contributed by atoms with Gasteiger partial charge in [0.05, 0.1) is 6.42 Å². The zero-order valence-electron chi connectivity index (χ0n) is 37.3. The van der Waals surface area contributed by atoms with Crippen LogP contribution in [0.3, 0.4) is 0 Å². The van der Waals surface area contributed by atoms with Gasteiger partial charge in [-0.15, -0.1) is 0 Å². The highest BCUT2D eigenvalue weighted by molar-refractivity contribution is 6.06. The third-order valence-corrected chi connectivity index (χ3v) is 14.0. The molecule has 10 heteroatoms. The summed E-state index contributed by atoms with van der Waals surface area (Å²) in [5.41, 5.74) is 13.4. The second-order valence-electron chi connectivity index (χ2n) is 18.4. The van der Waals surface area contributed by atoms with Gasteiger partial charge in [-0.05, 0) is 177 Å². The lowest BCUT2D eigenvalue weighted by atomic mass is 9.60. The maximum Gasteiger partial charge on any atom is 0.186 e. The first-order valence-corrected chi connectivity index (χ1v) is 23.6. The molecule has 10 nitrogen and oxygen atoms in total. The zero-order chi connectivity index (χ0) is 44.7. The van der Waals surface area contributed by atoms with Gasteiger partial charge in [-0.25, -0.2) is 4.98 Å². The van der Waals surface area contributed by atoms with Crippen LogP contribution in [0.15, 0.2) is 97.2 Å². The number of nitrogens with zero attached hydrogens (tertiary/aromatic N) is 1. The minimum atomic E-state index is -0.627. The van der Waals surface area contributed by atoms with Crippen molar-refractivity contribution in [2.45, 2.75) is 95.9 Å². The number of Topliss-reactive ketones (excluding diaryl/α,β-unsaturated/α-hetero) is 1. The molecule has 4 aromatic rings. The number of ether oxygens (including phenoxy) is 1. The summed E-state index contributed by atoms with van der Waals surface area (Å²) < 4.78 is 5.30. The van der Waals surface area contributed by atoms with Crippen LogP contribution >= 0.6 is 0 Å². The molecule has 1 aromatic heterocycles. The van der Waals surface area contributed by atoms with E-state index in [4.69, 9.17) is 10.5 Å². The highest BCUT2D eigenvalue weighted by Gasteiger charge is 2.45. The number of ketones is 2. The molecule has 1 saturated heterocycles. The molecule has 340 valence electrons. The number of anilines is 1. The number of hydrogen-bond donors (Lipinski definition) is 6. The first-order valence-electron chi connectivity index (χ1n) is 23.6. The number of hydrogen-bond acceptors (Lipinski definition) is 10. The fraction of sp³-hybridized carbons (Fsp3) is 0.463. The van der Waals surface area contributed by atoms with E-state index in [1.165, 1.54) is 35.6 Å². The van der Waals surface area contributed by atoms with Gasteiger partial charge in [0.25, 0.3) is 0 Å². The Morgan fingerprint density at radius 2 is 1.69 bits per heavy atom. The molecule has 2 fully saturated rings. The van der Waals surface area contributed by atoms with E-state index >= 15 is 0 Å². The predicted octanol–water partition coefficient (Wildman–Crippen LogP) is 7.74. The number of rotatable bonds is 23. The van der Waals surface area contributed by atoms with Gasteiger partial charge in [0, 0.05) is 31.8 Å². The van der Waals surface area contributed by atoms with Gasteiger partial charge >= 0.3 is 0 Å². The summed E-state index contributed by atoms with van der Waals surface area (Å²) in [4.78, 5) is 30.9. The van der Waals surface area contributed by atoms with Crippen molar-refractivity contribution in [3.05, 3.63) is 136 Å². The Morgan fingerprint density at radius 3 is 2.50 bits per heavy atom. The van der Waals surface area contributed by atoms with Gasteiger partial charge in [-0.3, -0.25) is 9.59 Å². The van der Waals surface area contributed by atoms with E-state index in [0.717, 1.165) is 94.1 Å². The number of carbonyl (C=O) groups excluding carboxylic acids is 2. The quantitative estimate of drug-likeness (QED) is 0.0188. The van der Waals surface area contributed by atoms with Crippen LogP contribution in [0.5, 0.6) is 11.5 Å². The van der Waals surface area contributed by atoms with Gasteiger partial charge in [0.1, 0.15) is 11.6 Å². The lowest BCUT2D eigenvalue weighted by Crippen LogP contribution is -2.56. The molecule has 3 aromatic carbocycles. The van der Waals surface area contributed by atoms with E-state index in [-0.39, 0.29) is 36.1 Å². The molecule has 1 saturated carbocycles. The minimum Gasteiger partial charge on any atom is -0.504 e. The topological polar surface area (TPSA) is 167 Å². The highest BCUT2D eigenvalue weighted by atomic mass is 16.6. The van der Waals surface area contributed by atoms with E-state index in [1.807, 2.05) is 12.1 Å². The molecule has 0 amide bonds. The number of nitrogens with one attached hydrogen (secondary N) is 2. The summed E-state index contributed by atoms with van der Waals surface area (Å²) >= 11 is 0. The third-order valence-electron chi connectivity index (χ3n) is 14.0. The molecule has 0 spiro atoms. The Balaban J connectivity index is 0.966. The lowest BCUT2D eigenvalue weighted by Gasteiger charge is -2.51. The number of aryl methyl sites for hydroxylation is 4. The average molecular weight is 869 g/mol. The second kappa shape index (κ2) is 23.7. The lowest BCUT2D eigenvalue weighted by molar-refractivity contribution is -0.124. The molecule has 7 N–H and O–H groups in total. The summed E-state index contributed by atoms with van der Waals surface area (Å²) in [5, 5.41) is 37.6. The molecule has 2 aliphatic heterocycles. The number of phenols is 1. The van der Waals surface area contributed by atoms with Crippen molar-refractivity contribution >= 4 is 23.5 Å². The van der Waals surface area contributed by atoms with Crippen molar-refractivity contribution < 1.29 is 29.6 Å². The monoisotopic (exact) mass is 869 g/mol. The fourth-order valence-electron chi connectivity index (χ4n) is 10.8. The maximum atomic E-state index is 13.3. The SMILES string of the molecule is Nc1cc(CCc2cccc(CCc3ccccc3)c2)c(Cc2cc(O)c(OCO)cc2C=CC(=O)CC(=O)CCCC(CCCO)CC2C3CCNCC3CC3C=CCNC32)cn1. The van der Waals surface area contributed by atoms with Gasteiger partial charge in [-0.2, -0.15) is 0 Å². The van der Waals surface area contributed by atoms with Crippen molar-refractivity contribution in [1.82, 2.24) is 15.6 Å².